The fourth-order valence-electron chi connectivity index (χ4n) is 2.54. The summed E-state index contributed by atoms with van der Waals surface area (Å²) in [4.78, 5) is 22.1. The number of anilines is 1. The average Bonchev–Trinajstić information content (AvgIpc) is 2.66. The van der Waals surface area contributed by atoms with Crippen molar-refractivity contribution in [3.8, 4) is 5.75 Å². The van der Waals surface area contributed by atoms with Crippen molar-refractivity contribution in [2.24, 2.45) is 0 Å². The van der Waals surface area contributed by atoms with Gasteiger partial charge in [0.05, 0.1) is 9.95 Å². The lowest BCUT2D eigenvalue weighted by atomic mass is 9.93. The predicted octanol–water partition coefficient (Wildman–Crippen LogP) is 6.69. The van der Waals surface area contributed by atoms with Gasteiger partial charge in [-0.15, -0.1) is 13.2 Å². The van der Waals surface area contributed by atoms with Crippen LogP contribution >= 0.6 is 11.6 Å². The fraction of sp³-hybridized carbons (Fsp3) is 0.235. The quantitative estimate of drug-likeness (QED) is 0.266. The van der Waals surface area contributed by atoms with Crippen LogP contribution in [0.25, 0.3) is 0 Å². The molecule has 186 valence electrons. The number of rotatable bonds is 5. The Labute approximate surface area is 186 Å². The Balaban J connectivity index is 2.67. The molecule has 0 saturated carbocycles. The minimum atomic E-state index is -6.68. The molecule has 2 rings (SSSR count). The van der Waals surface area contributed by atoms with Crippen molar-refractivity contribution in [1.82, 2.24) is 0 Å². The third kappa shape index (κ3) is 5.43. The lowest BCUT2D eigenvalue weighted by Crippen LogP contribution is -2.50. The van der Waals surface area contributed by atoms with E-state index in [1.54, 1.807) is 5.32 Å². The number of halogens is 11. The van der Waals surface area contributed by atoms with Crippen LogP contribution in [0.15, 0.2) is 36.4 Å². The minimum absolute atomic E-state index is 0.297. The van der Waals surface area contributed by atoms with Gasteiger partial charge in [-0.25, -0.2) is 4.39 Å². The van der Waals surface area contributed by atoms with E-state index in [2.05, 4.69) is 4.74 Å². The number of non-ortho nitro benzene ring substituents is 1. The first-order valence-electron chi connectivity index (χ1n) is 8.26. The van der Waals surface area contributed by atoms with E-state index in [1.807, 2.05) is 0 Å². The molecule has 0 fully saturated rings. The van der Waals surface area contributed by atoms with E-state index in [0.29, 0.717) is 6.07 Å². The maximum atomic E-state index is 14.3. The number of carbonyl (C=O) groups is 1. The zero-order chi connectivity index (χ0) is 26.3. The number of alkyl halides is 10. The number of nitro groups is 1. The minimum Gasteiger partial charge on any atom is -0.403 e. The van der Waals surface area contributed by atoms with Gasteiger partial charge in [0.15, 0.2) is 5.75 Å². The Morgan fingerprint density at radius 3 is 1.97 bits per heavy atom. The van der Waals surface area contributed by atoms with Crippen molar-refractivity contribution in [1.29, 1.82) is 0 Å². The van der Waals surface area contributed by atoms with E-state index in [-0.39, 0.29) is 6.07 Å². The van der Waals surface area contributed by atoms with Gasteiger partial charge in [0.2, 0.25) is 0 Å². The first-order chi connectivity index (χ1) is 15.3. The second kappa shape index (κ2) is 8.81. The molecule has 2 aromatic rings. The molecular formula is C17H7ClF10N2O4. The molecule has 0 radical (unpaired) electrons. The van der Waals surface area contributed by atoms with Crippen molar-refractivity contribution < 1.29 is 58.4 Å². The van der Waals surface area contributed by atoms with E-state index in [0.717, 1.165) is 18.2 Å². The zero-order valence-electron chi connectivity index (χ0n) is 15.7. The third-order valence-electron chi connectivity index (χ3n) is 4.02. The summed E-state index contributed by atoms with van der Waals surface area (Å²) in [5.74, 6) is -3.33. The van der Waals surface area contributed by atoms with Gasteiger partial charge in [0.1, 0.15) is 5.69 Å². The second-order valence-electron chi connectivity index (χ2n) is 6.29. The number of hydrogen-bond acceptors (Lipinski definition) is 4. The van der Waals surface area contributed by atoms with Crippen molar-refractivity contribution >= 4 is 28.9 Å². The molecule has 1 N–H and O–H groups in total. The molecular weight excluding hydrogens is 522 g/mol. The summed E-state index contributed by atoms with van der Waals surface area (Å²) in [5.41, 5.74) is -11.1. The summed E-state index contributed by atoms with van der Waals surface area (Å²) in [5, 5.41) is 11.0. The van der Waals surface area contributed by atoms with Gasteiger partial charge >= 0.3 is 24.4 Å². The maximum Gasteiger partial charge on any atom is 0.573 e. The molecule has 0 aliphatic carbocycles. The highest BCUT2D eigenvalue weighted by atomic mass is 35.5. The van der Waals surface area contributed by atoms with Gasteiger partial charge in [-0.05, 0) is 18.2 Å². The van der Waals surface area contributed by atoms with Crippen LogP contribution in [0.1, 0.15) is 15.9 Å². The fourth-order valence-corrected chi connectivity index (χ4v) is 2.80. The number of benzene rings is 2. The van der Waals surface area contributed by atoms with E-state index in [1.165, 1.54) is 0 Å². The van der Waals surface area contributed by atoms with Gasteiger partial charge in [0, 0.05) is 23.3 Å². The summed E-state index contributed by atoms with van der Waals surface area (Å²) in [7, 11) is 0. The summed E-state index contributed by atoms with van der Waals surface area (Å²) in [6.45, 7) is 0. The highest BCUT2D eigenvalue weighted by molar-refractivity contribution is 6.34. The van der Waals surface area contributed by atoms with Crippen LogP contribution in [0, 0.1) is 10.1 Å². The Hall–Kier alpha value is -3.30. The number of ether oxygens (including phenoxy) is 1. The first kappa shape index (κ1) is 26.9. The van der Waals surface area contributed by atoms with E-state index >= 15 is 0 Å². The van der Waals surface area contributed by atoms with Crippen LogP contribution in [-0.4, -0.2) is 29.5 Å². The molecule has 6 nitrogen and oxygen atoms in total. The second-order valence-corrected chi connectivity index (χ2v) is 6.70. The number of nitrogens with zero attached hydrogens (tertiary/aromatic N) is 1. The molecule has 1 amide bonds. The van der Waals surface area contributed by atoms with Crippen LogP contribution in [0.4, 0.5) is 55.3 Å². The van der Waals surface area contributed by atoms with Crippen LogP contribution in [0.5, 0.6) is 5.75 Å². The van der Waals surface area contributed by atoms with Crippen molar-refractivity contribution in [3.05, 3.63) is 62.7 Å². The average molecular weight is 529 g/mol. The van der Waals surface area contributed by atoms with E-state index < -0.39 is 74.6 Å². The topological polar surface area (TPSA) is 81.5 Å². The predicted molar refractivity (Wildman–Crippen MR) is 94.1 cm³/mol. The van der Waals surface area contributed by atoms with Gasteiger partial charge in [-0.1, -0.05) is 17.7 Å². The van der Waals surface area contributed by atoms with Gasteiger partial charge in [0.25, 0.3) is 11.6 Å². The molecule has 0 heterocycles. The SMILES string of the molecule is O=C(Nc1c(Cl)cc(C(F)(C(F)(F)F)C(F)(F)F)cc1OC(F)(F)F)c1cccc([N+](=O)[O-])c1. The van der Waals surface area contributed by atoms with Crippen LogP contribution in [0.2, 0.25) is 5.02 Å². The molecule has 34 heavy (non-hydrogen) atoms. The monoisotopic (exact) mass is 528 g/mol. The van der Waals surface area contributed by atoms with Crippen molar-refractivity contribution in [3.63, 3.8) is 0 Å². The van der Waals surface area contributed by atoms with Gasteiger partial charge < -0.3 is 10.1 Å². The number of amides is 1. The molecule has 0 aromatic heterocycles. The molecule has 0 bridgehead atoms. The highest BCUT2D eigenvalue weighted by Crippen LogP contribution is 2.55. The van der Waals surface area contributed by atoms with E-state index in [4.69, 9.17) is 11.6 Å². The highest BCUT2D eigenvalue weighted by Gasteiger charge is 2.73. The normalized spacial score (nSPS) is 12.9. The van der Waals surface area contributed by atoms with Crippen LogP contribution in [-0.2, 0) is 5.67 Å². The number of hydrogen-bond donors (Lipinski definition) is 1. The van der Waals surface area contributed by atoms with Crippen molar-refractivity contribution in [2.45, 2.75) is 24.4 Å². The Morgan fingerprint density at radius 2 is 1.50 bits per heavy atom. The zero-order valence-corrected chi connectivity index (χ0v) is 16.5. The Kier molecular flexibility index (Phi) is 6.98. The van der Waals surface area contributed by atoms with Crippen LogP contribution < -0.4 is 10.1 Å². The number of nitro benzene ring substituents is 1. The molecule has 0 aliphatic heterocycles. The van der Waals surface area contributed by atoms with Crippen LogP contribution in [0.3, 0.4) is 0 Å². The molecule has 0 atom stereocenters. The standard InChI is InChI=1S/C17H7ClF10N2O4/c18-10-5-8(14(19,15(20,21)22)16(23,24)25)6-11(34-17(26,27)28)12(10)29-13(31)7-2-1-3-9(4-7)30(32)33/h1-6H,(H,29,31). The summed E-state index contributed by atoms with van der Waals surface area (Å²) >= 11 is 5.51. The summed E-state index contributed by atoms with van der Waals surface area (Å²) in [6.07, 6.45) is -19.1. The molecule has 0 saturated heterocycles. The molecule has 0 unspecified atom stereocenters. The maximum absolute atomic E-state index is 14.3. The molecule has 2 aromatic carbocycles. The lowest BCUT2D eigenvalue weighted by molar-refractivity contribution is -0.384. The largest absolute Gasteiger partial charge is 0.573 e. The van der Waals surface area contributed by atoms with Crippen molar-refractivity contribution in [2.75, 3.05) is 5.32 Å². The molecule has 17 heteroatoms. The molecule has 0 spiro atoms. The van der Waals surface area contributed by atoms with Gasteiger partial charge in [-0.2, -0.15) is 26.3 Å². The first-order valence-corrected chi connectivity index (χ1v) is 8.63. The number of carbonyl (C=O) groups excluding carboxylic acids is 1. The summed E-state index contributed by atoms with van der Waals surface area (Å²) in [6, 6.07) is 2.65. The molecule has 0 aliphatic rings. The summed E-state index contributed by atoms with van der Waals surface area (Å²) < 4.78 is 134. The lowest BCUT2D eigenvalue weighted by Gasteiger charge is -2.31. The Bertz CT molecular complexity index is 1100. The van der Waals surface area contributed by atoms with E-state index in [9.17, 15) is 58.8 Å². The van der Waals surface area contributed by atoms with Gasteiger partial charge in [-0.3, -0.25) is 14.9 Å². The number of nitrogens with one attached hydrogen (secondary N) is 1. The smallest absolute Gasteiger partial charge is 0.403 e. The third-order valence-corrected chi connectivity index (χ3v) is 4.31. The Morgan fingerprint density at radius 1 is 0.941 bits per heavy atom.